The van der Waals surface area contributed by atoms with Crippen molar-refractivity contribution in [3.05, 3.63) is 66.7 Å². The maximum Gasteiger partial charge on any atom is 0.138 e. The molecule has 0 aliphatic carbocycles. The van der Waals surface area contributed by atoms with Gasteiger partial charge in [-0.15, -0.1) is 0 Å². The Hall–Kier alpha value is -3.08. The van der Waals surface area contributed by atoms with E-state index in [1.807, 2.05) is 49.9 Å². The molecule has 0 aliphatic heterocycles. The SMILES string of the molecule is Cn1cc(-c2c[nH]c3ncc(OCCc4ccccc4)cc23)cn1. The van der Waals surface area contributed by atoms with E-state index in [0.29, 0.717) is 6.61 Å². The van der Waals surface area contributed by atoms with E-state index in [9.17, 15) is 0 Å². The van der Waals surface area contributed by atoms with E-state index in [4.69, 9.17) is 4.74 Å². The number of H-pyrrole nitrogens is 1. The lowest BCUT2D eigenvalue weighted by Crippen LogP contribution is -2.01. The van der Waals surface area contributed by atoms with Gasteiger partial charge in [0.05, 0.1) is 19.0 Å². The highest BCUT2D eigenvalue weighted by molar-refractivity contribution is 5.93. The second-order valence-electron chi connectivity index (χ2n) is 5.76. The van der Waals surface area contributed by atoms with Crippen LogP contribution in [0.3, 0.4) is 0 Å². The molecule has 0 spiro atoms. The quantitative estimate of drug-likeness (QED) is 0.612. The third-order valence-corrected chi connectivity index (χ3v) is 4.02. The van der Waals surface area contributed by atoms with E-state index in [-0.39, 0.29) is 0 Å². The smallest absolute Gasteiger partial charge is 0.138 e. The Balaban J connectivity index is 1.54. The van der Waals surface area contributed by atoms with Crippen LogP contribution < -0.4 is 4.74 Å². The molecule has 120 valence electrons. The Morgan fingerprint density at radius 3 is 2.83 bits per heavy atom. The van der Waals surface area contributed by atoms with Crippen LogP contribution in [0.15, 0.2) is 61.2 Å². The number of nitrogens with zero attached hydrogens (tertiary/aromatic N) is 3. The summed E-state index contributed by atoms with van der Waals surface area (Å²) in [7, 11) is 1.91. The molecule has 0 fully saturated rings. The average molecular weight is 318 g/mol. The summed E-state index contributed by atoms with van der Waals surface area (Å²) < 4.78 is 7.68. The summed E-state index contributed by atoms with van der Waals surface area (Å²) in [6.45, 7) is 0.629. The summed E-state index contributed by atoms with van der Waals surface area (Å²) in [6.07, 6.45) is 8.44. The van der Waals surface area contributed by atoms with E-state index in [0.717, 1.165) is 34.3 Å². The zero-order valence-electron chi connectivity index (χ0n) is 13.4. The molecule has 0 saturated heterocycles. The fourth-order valence-corrected chi connectivity index (χ4v) is 2.79. The minimum absolute atomic E-state index is 0.629. The second kappa shape index (κ2) is 6.20. The number of rotatable bonds is 5. The van der Waals surface area contributed by atoms with Crippen molar-refractivity contribution in [1.29, 1.82) is 0 Å². The molecule has 1 aromatic carbocycles. The third-order valence-electron chi connectivity index (χ3n) is 4.02. The first kappa shape index (κ1) is 14.5. The van der Waals surface area contributed by atoms with Gasteiger partial charge in [-0.1, -0.05) is 30.3 Å². The Morgan fingerprint density at radius 2 is 2.04 bits per heavy atom. The standard InChI is InChI=1S/C19H18N4O/c1-23-13-15(10-22-23)18-12-21-19-17(18)9-16(11-20-19)24-8-7-14-5-3-2-4-6-14/h2-6,9-13H,7-8H2,1H3,(H,20,21). The fraction of sp³-hybridized carbons (Fsp3) is 0.158. The first-order valence-corrected chi connectivity index (χ1v) is 7.92. The van der Waals surface area contributed by atoms with E-state index >= 15 is 0 Å². The van der Waals surface area contributed by atoms with E-state index in [2.05, 4.69) is 27.2 Å². The minimum Gasteiger partial charge on any atom is -0.492 e. The zero-order valence-corrected chi connectivity index (χ0v) is 13.4. The van der Waals surface area contributed by atoms with E-state index < -0.39 is 0 Å². The van der Waals surface area contributed by atoms with Crippen molar-refractivity contribution in [3.63, 3.8) is 0 Å². The molecule has 0 unspecified atom stereocenters. The molecule has 4 aromatic rings. The van der Waals surface area contributed by atoms with Gasteiger partial charge in [0.1, 0.15) is 11.4 Å². The minimum atomic E-state index is 0.629. The number of ether oxygens (including phenoxy) is 1. The topological polar surface area (TPSA) is 55.7 Å². The Kier molecular flexibility index (Phi) is 3.75. The summed E-state index contributed by atoms with van der Waals surface area (Å²) in [4.78, 5) is 7.65. The van der Waals surface area contributed by atoms with Crippen molar-refractivity contribution in [3.8, 4) is 16.9 Å². The predicted molar refractivity (Wildman–Crippen MR) is 93.9 cm³/mol. The van der Waals surface area contributed by atoms with Crippen LogP contribution in [0.5, 0.6) is 5.75 Å². The van der Waals surface area contributed by atoms with Crippen LogP contribution in [-0.4, -0.2) is 26.4 Å². The fourth-order valence-electron chi connectivity index (χ4n) is 2.79. The summed E-state index contributed by atoms with van der Waals surface area (Å²) in [5.41, 5.74) is 4.26. The molecular formula is C19H18N4O. The molecule has 0 amide bonds. The van der Waals surface area contributed by atoms with E-state index in [1.54, 1.807) is 10.9 Å². The number of aromatic amines is 1. The molecule has 0 atom stereocenters. The molecule has 5 nitrogen and oxygen atoms in total. The van der Waals surface area contributed by atoms with Crippen LogP contribution in [0.25, 0.3) is 22.2 Å². The number of aromatic nitrogens is 4. The largest absolute Gasteiger partial charge is 0.492 e. The zero-order chi connectivity index (χ0) is 16.4. The number of nitrogens with one attached hydrogen (secondary N) is 1. The van der Waals surface area contributed by atoms with Crippen LogP contribution in [0.4, 0.5) is 0 Å². The molecule has 24 heavy (non-hydrogen) atoms. The third kappa shape index (κ3) is 2.88. The molecule has 3 heterocycles. The Labute approximate surface area is 139 Å². The number of aryl methyl sites for hydroxylation is 1. The number of benzene rings is 1. The summed E-state index contributed by atoms with van der Waals surface area (Å²) >= 11 is 0. The number of pyridine rings is 1. The molecule has 0 saturated carbocycles. The van der Waals surface area contributed by atoms with Crippen molar-refractivity contribution in [1.82, 2.24) is 19.7 Å². The lowest BCUT2D eigenvalue weighted by molar-refractivity contribution is 0.321. The average Bonchev–Trinajstić information content (AvgIpc) is 3.21. The maximum atomic E-state index is 5.89. The normalized spacial score (nSPS) is 11.0. The second-order valence-corrected chi connectivity index (χ2v) is 5.76. The van der Waals surface area contributed by atoms with Crippen molar-refractivity contribution < 1.29 is 4.74 Å². The first-order chi connectivity index (χ1) is 11.8. The lowest BCUT2D eigenvalue weighted by atomic mass is 10.1. The molecule has 0 radical (unpaired) electrons. The molecular weight excluding hydrogens is 300 g/mol. The van der Waals surface area contributed by atoms with Crippen molar-refractivity contribution in [2.24, 2.45) is 7.05 Å². The highest BCUT2D eigenvalue weighted by atomic mass is 16.5. The van der Waals surface area contributed by atoms with Gasteiger partial charge in [0, 0.05) is 42.4 Å². The Bertz CT molecular complexity index is 956. The van der Waals surface area contributed by atoms with Gasteiger partial charge in [0.2, 0.25) is 0 Å². The Morgan fingerprint density at radius 1 is 1.17 bits per heavy atom. The maximum absolute atomic E-state index is 5.89. The molecule has 1 N–H and O–H groups in total. The van der Waals surface area contributed by atoms with Gasteiger partial charge in [0.25, 0.3) is 0 Å². The van der Waals surface area contributed by atoms with E-state index in [1.165, 1.54) is 5.56 Å². The van der Waals surface area contributed by atoms with Crippen LogP contribution in [0, 0.1) is 0 Å². The lowest BCUT2D eigenvalue weighted by Gasteiger charge is -2.06. The monoisotopic (exact) mass is 318 g/mol. The molecule has 3 aromatic heterocycles. The van der Waals surface area contributed by atoms with Gasteiger partial charge >= 0.3 is 0 Å². The van der Waals surface area contributed by atoms with Crippen LogP contribution in [-0.2, 0) is 13.5 Å². The van der Waals surface area contributed by atoms with Crippen molar-refractivity contribution in [2.45, 2.75) is 6.42 Å². The highest BCUT2D eigenvalue weighted by Crippen LogP contribution is 2.29. The van der Waals surface area contributed by atoms with Gasteiger partial charge < -0.3 is 9.72 Å². The number of hydrogen-bond donors (Lipinski definition) is 1. The summed E-state index contributed by atoms with van der Waals surface area (Å²) in [5.74, 6) is 0.781. The van der Waals surface area contributed by atoms with Crippen molar-refractivity contribution in [2.75, 3.05) is 6.61 Å². The van der Waals surface area contributed by atoms with Gasteiger partial charge in [-0.3, -0.25) is 4.68 Å². The molecule has 5 heteroatoms. The highest BCUT2D eigenvalue weighted by Gasteiger charge is 2.10. The van der Waals surface area contributed by atoms with Crippen LogP contribution in [0.2, 0.25) is 0 Å². The van der Waals surface area contributed by atoms with Crippen molar-refractivity contribution >= 4 is 11.0 Å². The summed E-state index contributed by atoms with van der Waals surface area (Å²) in [5, 5.41) is 5.28. The van der Waals surface area contributed by atoms with Gasteiger partial charge in [-0.2, -0.15) is 5.10 Å². The van der Waals surface area contributed by atoms with Crippen LogP contribution in [0.1, 0.15) is 5.56 Å². The van der Waals surface area contributed by atoms with Gasteiger partial charge in [-0.05, 0) is 11.6 Å². The number of hydrogen-bond acceptors (Lipinski definition) is 3. The van der Waals surface area contributed by atoms with Gasteiger partial charge in [0.15, 0.2) is 0 Å². The summed E-state index contributed by atoms with van der Waals surface area (Å²) in [6, 6.07) is 12.4. The molecule has 0 bridgehead atoms. The predicted octanol–water partition coefficient (Wildman–Crippen LogP) is 3.58. The molecule has 0 aliphatic rings. The van der Waals surface area contributed by atoms with Crippen LogP contribution >= 0.6 is 0 Å². The first-order valence-electron chi connectivity index (χ1n) is 7.92. The molecule has 4 rings (SSSR count). The number of fused-ring (bicyclic) bond motifs is 1. The van der Waals surface area contributed by atoms with Gasteiger partial charge in [-0.25, -0.2) is 4.98 Å².